The van der Waals surface area contributed by atoms with Crippen molar-refractivity contribution in [1.82, 2.24) is 0 Å². The zero-order valence-electron chi connectivity index (χ0n) is 13.6. The van der Waals surface area contributed by atoms with E-state index in [9.17, 15) is 4.79 Å². The molecule has 1 saturated heterocycles. The van der Waals surface area contributed by atoms with E-state index in [0.29, 0.717) is 0 Å². The van der Waals surface area contributed by atoms with Crippen LogP contribution in [0.25, 0.3) is 0 Å². The maximum Gasteiger partial charge on any atom is 0.237 e. The molecular formula is C22H19NO. The summed E-state index contributed by atoms with van der Waals surface area (Å²) in [6.45, 7) is 2.09. The zero-order valence-corrected chi connectivity index (χ0v) is 13.6. The van der Waals surface area contributed by atoms with Gasteiger partial charge in [-0.25, -0.2) is 0 Å². The van der Waals surface area contributed by atoms with Crippen LogP contribution in [0.15, 0.2) is 84.9 Å². The fraction of sp³-hybridized carbons (Fsp3) is 0.136. The number of carbonyl (C=O) groups excluding carboxylic acids is 1. The van der Waals surface area contributed by atoms with Gasteiger partial charge in [0.1, 0.15) is 0 Å². The summed E-state index contributed by atoms with van der Waals surface area (Å²) in [5, 5.41) is 0. The van der Waals surface area contributed by atoms with Crippen molar-refractivity contribution < 1.29 is 4.79 Å². The zero-order chi connectivity index (χ0) is 16.5. The predicted molar refractivity (Wildman–Crippen MR) is 97.0 cm³/mol. The molecule has 118 valence electrons. The number of hydrogen-bond donors (Lipinski definition) is 0. The lowest BCUT2D eigenvalue weighted by Gasteiger charge is -2.47. The van der Waals surface area contributed by atoms with Crippen molar-refractivity contribution in [3.05, 3.63) is 102 Å². The van der Waals surface area contributed by atoms with Crippen molar-refractivity contribution in [2.24, 2.45) is 0 Å². The van der Waals surface area contributed by atoms with E-state index in [1.165, 1.54) is 11.1 Å². The summed E-state index contributed by atoms with van der Waals surface area (Å²) in [5.41, 5.74) is 4.45. The van der Waals surface area contributed by atoms with Crippen LogP contribution < -0.4 is 4.90 Å². The van der Waals surface area contributed by atoms with Crippen LogP contribution in [0.3, 0.4) is 0 Å². The number of amides is 1. The van der Waals surface area contributed by atoms with Crippen molar-refractivity contribution in [3.63, 3.8) is 0 Å². The van der Waals surface area contributed by atoms with Gasteiger partial charge in [-0.3, -0.25) is 4.79 Å². The van der Waals surface area contributed by atoms with Crippen LogP contribution in [0.5, 0.6) is 0 Å². The van der Waals surface area contributed by atoms with Crippen LogP contribution in [0, 0.1) is 6.92 Å². The Labute approximate surface area is 142 Å². The Morgan fingerprint density at radius 3 is 2.04 bits per heavy atom. The van der Waals surface area contributed by atoms with Crippen LogP contribution in [-0.4, -0.2) is 5.91 Å². The highest BCUT2D eigenvalue weighted by Gasteiger charge is 2.49. The molecule has 2 atom stereocenters. The van der Waals surface area contributed by atoms with E-state index >= 15 is 0 Å². The molecule has 24 heavy (non-hydrogen) atoms. The Morgan fingerprint density at radius 1 is 0.750 bits per heavy atom. The number of carbonyl (C=O) groups is 1. The average Bonchev–Trinajstić information content (AvgIpc) is 2.61. The normalized spacial score (nSPS) is 19.9. The molecule has 3 aromatic carbocycles. The molecule has 0 bridgehead atoms. The molecule has 0 aliphatic carbocycles. The first-order valence-electron chi connectivity index (χ1n) is 8.25. The van der Waals surface area contributed by atoms with Crippen LogP contribution in [0.2, 0.25) is 0 Å². The number of benzene rings is 3. The van der Waals surface area contributed by atoms with Gasteiger partial charge in [0.25, 0.3) is 0 Å². The minimum atomic E-state index is -0.117. The second-order valence-corrected chi connectivity index (χ2v) is 6.29. The number of β-lactam (4-membered cyclic amide) rings is 1. The molecule has 0 spiro atoms. The molecule has 0 unspecified atom stereocenters. The van der Waals surface area contributed by atoms with Gasteiger partial charge in [-0.05, 0) is 30.2 Å². The van der Waals surface area contributed by atoms with E-state index in [2.05, 4.69) is 31.2 Å². The molecule has 1 aliphatic rings. The van der Waals surface area contributed by atoms with Gasteiger partial charge in [0, 0.05) is 5.69 Å². The Hall–Kier alpha value is -2.87. The Balaban J connectivity index is 1.80. The van der Waals surface area contributed by atoms with Crippen molar-refractivity contribution in [2.45, 2.75) is 18.9 Å². The Bertz CT molecular complexity index is 808. The van der Waals surface area contributed by atoms with Crippen LogP contribution in [0.4, 0.5) is 5.69 Å². The molecular weight excluding hydrogens is 294 g/mol. The third-order valence-electron chi connectivity index (χ3n) is 4.67. The first kappa shape index (κ1) is 14.7. The van der Waals surface area contributed by atoms with Gasteiger partial charge in [0.05, 0.1) is 12.0 Å². The van der Waals surface area contributed by atoms with Crippen molar-refractivity contribution in [2.75, 3.05) is 4.90 Å². The molecule has 0 aromatic heterocycles. The molecule has 0 radical (unpaired) electrons. The minimum Gasteiger partial charge on any atom is -0.303 e. The monoisotopic (exact) mass is 313 g/mol. The topological polar surface area (TPSA) is 20.3 Å². The lowest BCUT2D eigenvalue weighted by atomic mass is 9.77. The maximum absolute atomic E-state index is 13.0. The molecule has 3 aromatic rings. The number of aryl methyl sites for hydroxylation is 1. The lowest BCUT2D eigenvalue weighted by Crippen LogP contribution is -2.53. The van der Waals surface area contributed by atoms with E-state index < -0.39 is 0 Å². The van der Waals surface area contributed by atoms with Gasteiger partial charge in [-0.15, -0.1) is 0 Å². The smallest absolute Gasteiger partial charge is 0.237 e. The van der Waals surface area contributed by atoms with Crippen molar-refractivity contribution >= 4 is 11.6 Å². The lowest BCUT2D eigenvalue weighted by molar-refractivity contribution is -0.126. The number of rotatable bonds is 3. The highest BCUT2D eigenvalue weighted by Crippen LogP contribution is 2.48. The molecule has 1 amide bonds. The van der Waals surface area contributed by atoms with Gasteiger partial charge in [0.2, 0.25) is 5.91 Å². The molecule has 2 nitrogen and oxygen atoms in total. The van der Waals surface area contributed by atoms with Gasteiger partial charge in [0.15, 0.2) is 0 Å². The summed E-state index contributed by atoms with van der Waals surface area (Å²) in [6.07, 6.45) is 0. The second-order valence-electron chi connectivity index (χ2n) is 6.29. The van der Waals surface area contributed by atoms with E-state index in [1.807, 2.05) is 65.6 Å². The fourth-order valence-corrected chi connectivity index (χ4v) is 3.55. The van der Waals surface area contributed by atoms with Gasteiger partial charge >= 0.3 is 0 Å². The molecule has 1 aliphatic heterocycles. The predicted octanol–water partition coefficient (Wildman–Crippen LogP) is 4.87. The van der Waals surface area contributed by atoms with Crippen LogP contribution in [0.1, 0.15) is 28.7 Å². The summed E-state index contributed by atoms with van der Waals surface area (Å²) in [7, 11) is 0. The van der Waals surface area contributed by atoms with Gasteiger partial charge in [-0.2, -0.15) is 0 Å². The fourth-order valence-electron chi connectivity index (χ4n) is 3.55. The first-order valence-corrected chi connectivity index (χ1v) is 8.25. The van der Waals surface area contributed by atoms with Crippen molar-refractivity contribution in [1.29, 1.82) is 0 Å². The Morgan fingerprint density at radius 2 is 1.38 bits per heavy atom. The van der Waals surface area contributed by atoms with E-state index in [1.54, 1.807) is 0 Å². The number of hydrogen-bond acceptors (Lipinski definition) is 1. The van der Waals surface area contributed by atoms with Crippen LogP contribution >= 0.6 is 0 Å². The van der Waals surface area contributed by atoms with Crippen LogP contribution in [-0.2, 0) is 4.79 Å². The van der Waals surface area contributed by atoms with Gasteiger partial charge in [-0.1, -0.05) is 78.4 Å². The highest BCUT2D eigenvalue weighted by molar-refractivity contribution is 6.06. The highest BCUT2D eigenvalue weighted by atomic mass is 16.2. The number of para-hydroxylation sites is 1. The second kappa shape index (κ2) is 5.97. The molecule has 1 heterocycles. The van der Waals surface area contributed by atoms with E-state index in [0.717, 1.165) is 11.3 Å². The minimum absolute atomic E-state index is 0.0437. The maximum atomic E-state index is 13.0. The summed E-state index contributed by atoms with van der Waals surface area (Å²) < 4.78 is 0. The summed E-state index contributed by atoms with van der Waals surface area (Å²) in [4.78, 5) is 14.9. The first-order chi connectivity index (χ1) is 11.8. The standard InChI is InChI=1S/C22H19NO/c1-16-9-8-12-18(15-16)21-20(17-10-4-2-5-11-17)22(24)23(21)19-13-6-3-7-14-19/h2-15,20-21H,1H3/t20-,21+/m0/s1. The SMILES string of the molecule is Cc1cccc([C@@H]2[C@H](c3ccccc3)C(=O)N2c2ccccc2)c1. The molecule has 4 rings (SSSR count). The number of anilines is 1. The average molecular weight is 313 g/mol. The third kappa shape index (κ3) is 2.41. The molecule has 1 fully saturated rings. The third-order valence-corrected chi connectivity index (χ3v) is 4.67. The number of nitrogens with zero attached hydrogens (tertiary/aromatic N) is 1. The quantitative estimate of drug-likeness (QED) is 0.632. The molecule has 0 saturated carbocycles. The van der Waals surface area contributed by atoms with E-state index in [4.69, 9.17) is 0 Å². The molecule has 0 N–H and O–H groups in total. The Kier molecular flexibility index (Phi) is 3.66. The van der Waals surface area contributed by atoms with Gasteiger partial charge < -0.3 is 4.90 Å². The largest absolute Gasteiger partial charge is 0.303 e. The van der Waals surface area contributed by atoms with Crippen molar-refractivity contribution in [3.8, 4) is 0 Å². The summed E-state index contributed by atoms with van der Waals surface area (Å²) >= 11 is 0. The van der Waals surface area contributed by atoms with E-state index in [-0.39, 0.29) is 17.9 Å². The molecule has 2 heteroatoms. The summed E-state index contributed by atoms with van der Waals surface area (Å²) in [5.74, 6) is 0.0483. The summed E-state index contributed by atoms with van der Waals surface area (Å²) in [6, 6.07) is 28.5.